The average Bonchev–Trinajstić information content (AvgIpc) is 3.22. The Morgan fingerprint density at radius 1 is 1.17 bits per heavy atom. The van der Waals surface area contributed by atoms with Crippen molar-refractivity contribution in [2.24, 2.45) is 0 Å². The number of nitrogens with one attached hydrogen (secondary N) is 1. The number of thiophene rings is 1. The standard InChI is InChI=1S/C18H20N2O3S/c21-18(20-8-1-4-14(20)17-5-2-11-24-17)19-13-6-7-15-16(12-13)23-10-3-9-22-15/h2,5-7,11-12,14H,1,3-4,8-10H2,(H,19,21)/t14-/m1/s1. The number of likely N-dealkylation sites (tertiary alicyclic amines) is 1. The molecule has 126 valence electrons. The summed E-state index contributed by atoms with van der Waals surface area (Å²) in [5, 5.41) is 5.07. The molecule has 1 aromatic carbocycles. The average molecular weight is 344 g/mol. The van der Waals surface area contributed by atoms with Gasteiger partial charge in [0.25, 0.3) is 0 Å². The summed E-state index contributed by atoms with van der Waals surface area (Å²) in [5.41, 5.74) is 0.737. The van der Waals surface area contributed by atoms with Crippen LogP contribution in [0, 0.1) is 0 Å². The number of carbonyl (C=O) groups is 1. The summed E-state index contributed by atoms with van der Waals surface area (Å²) >= 11 is 1.71. The summed E-state index contributed by atoms with van der Waals surface area (Å²) in [6.45, 7) is 2.09. The number of urea groups is 1. The normalized spacial score (nSPS) is 19.8. The molecule has 0 unspecified atom stereocenters. The molecule has 0 spiro atoms. The van der Waals surface area contributed by atoms with Gasteiger partial charge in [-0.25, -0.2) is 4.79 Å². The monoisotopic (exact) mass is 344 g/mol. The second-order valence-electron chi connectivity index (χ2n) is 6.01. The van der Waals surface area contributed by atoms with Crippen LogP contribution in [0.3, 0.4) is 0 Å². The van der Waals surface area contributed by atoms with E-state index in [1.807, 2.05) is 29.2 Å². The van der Waals surface area contributed by atoms with Crippen molar-refractivity contribution in [3.05, 3.63) is 40.6 Å². The largest absolute Gasteiger partial charge is 0.490 e. The molecule has 1 N–H and O–H groups in total. The van der Waals surface area contributed by atoms with Gasteiger partial charge in [0, 0.05) is 29.6 Å². The van der Waals surface area contributed by atoms with Gasteiger partial charge < -0.3 is 19.7 Å². The zero-order valence-corrected chi connectivity index (χ0v) is 14.2. The lowest BCUT2D eigenvalue weighted by Crippen LogP contribution is -2.34. The molecule has 2 aliphatic rings. The number of amides is 2. The fourth-order valence-corrected chi connectivity index (χ4v) is 4.10. The van der Waals surface area contributed by atoms with Gasteiger partial charge >= 0.3 is 6.03 Å². The fourth-order valence-electron chi connectivity index (χ4n) is 3.22. The minimum Gasteiger partial charge on any atom is -0.490 e. The molecule has 4 rings (SSSR count). The molecule has 2 aromatic rings. The molecule has 0 radical (unpaired) electrons. The van der Waals surface area contributed by atoms with Crippen LogP contribution in [0.1, 0.15) is 30.2 Å². The fraction of sp³-hybridized carbons (Fsp3) is 0.389. The van der Waals surface area contributed by atoms with E-state index in [2.05, 4.69) is 16.8 Å². The van der Waals surface area contributed by atoms with E-state index in [1.54, 1.807) is 11.3 Å². The molecule has 0 saturated carbocycles. The lowest BCUT2D eigenvalue weighted by molar-refractivity contribution is 0.208. The molecule has 1 saturated heterocycles. The highest BCUT2D eigenvalue weighted by molar-refractivity contribution is 7.10. The Kier molecular flexibility index (Phi) is 4.30. The lowest BCUT2D eigenvalue weighted by atomic mass is 10.2. The number of ether oxygens (including phenoxy) is 2. The van der Waals surface area contributed by atoms with Crippen molar-refractivity contribution >= 4 is 23.1 Å². The third-order valence-electron chi connectivity index (χ3n) is 4.38. The minimum atomic E-state index is -0.0552. The van der Waals surface area contributed by atoms with Crippen LogP contribution in [0.25, 0.3) is 0 Å². The van der Waals surface area contributed by atoms with E-state index in [0.29, 0.717) is 19.0 Å². The quantitative estimate of drug-likeness (QED) is 0.885. The van der Waals surface area contributed by atoms with Crippen LogP contribution >= 0.6 is 11.3 Å². The third-order valence-corrected chi connectivity index (χ3v) is 5.36. The van der Waals surface area contributed by atoms with Crippen molar-refractivity contribution in [3.63, 3.8) is 0 Å². The zero-order chi connectivity index (χ0) is 16.4. The van der Waals surface area contributed by atoms with Gasteiger partial charge in [-0.05, 0) is 36.4 Å². The summed E-state index contributed by atoms with van der Waals surface area (Å²) in [4.78, 5) is 15.9. The minimum absolute atomic E-state index is 0.0552. The summed E-state index contributed by atoms with van der Waals surface area (Å²) in [7, 11) is 0. The van der Waals surface area contributed by atoms with Crippen molar-refractivity contribution in [3.8, 4) is 11.5 Å². The van der Waals surface area contributed by atoms with E-state index >= 15 is 0 Å². The third kappa shape index (κ3) is 3.06. The molecular weight excluding hydrogens is 324 g/mol. The maximum Gasteiger partial charge on any atom is 0.322 e. The second kappa shape index (κ2) is 6.73. The smallest absolute Gasteiger partial charge is 0.322 e. The molecule has 1 aromatic heterocycles. The second-order valence-corrected chi connectivity index (χ2v) is 6.99. The molecule has 1 atom stereocenters. The van der Waals surface area contributed by atoms with Gasteiger partial charge in [0.2, 0.25) is 0 Å². The van der Waals surface area contributed by atoms with E-state index in [1.165, 1.54) is 4.88 Å². The van der Waals surface area contributed by atoms with Gasteiger partial charge in [-0.2, -0.15) is 0 Å². The van der Waals surface area contributed by atoms with Gasteiger partial charge in [-0.15, -0.1) is 11.3 Å². The zero-order valence-electron chi connectivity index (χ0n) is 13.4. The Balaban J connectivity index is 1.48. The highest BCUT2D eigenvalue weighted by atomic mass is 32.1. The number of anilines is 1. The predicted molar refractivity (Wildman–Crippen MR) is 94.1 cm³/mol. The van der Waals surface area contributed by atoms with Crippen LogP contribution in [0.2, 0.25) is 0 Å². The topological polar surface area (TPSA) is 50.8 Å². The number of fused-ring (bicyclic) bond motifs is 1. The Morgan fingerprint density at radius 2 is 2.04 bits per heavy atom. The first-order valence-corrected chi connectivity index (χ1v) is 9.20. The Labute approximate surface area is 145 Å². The molecule has 3 heterocycles. The van der Waals surface area contributed by atoms with Gasteiger partial charge in [-0.1, -0.05) is 6.07 Å². The highest BCUT2D eigenvalue weighted by Gasteiger charge is 2.30. The van der Waals surface area contributed by atoms with Crippen LogP contribution in [-0.2, 0) is 0 Å². The summed E-state index contributed by atoms with van der Waals surface area (Å²) in [5.74, 6) is 1.43. The first-order valence-electron chi connectivity index (χ1n) is 8.32. The van der Waals surface area contributed by atoms with Crippen LogP contribution < -0.4 is 14.8 Å². The summed E-state index contributed by atoms with van der Waals surface area (Å²) < 4.78 is 11.3. The SMILES string of the molecule is O=C(Nc1ccc2c(c1)OCCCO2)N1CCC[C@@H]1c1cccs1. The Bertz CT molecular complexity index is 717. The number of hydrogen-bond donors (Lipinski definition) is 1. The van der Waals surface area contributed by atoms with Gasteiger partial charge in [-0.3, -0.25) is 0 Å². The van der Waals surface area contributed by atoms with E-state index in [9.17, 15) is 4.79 Å². The van der Waals surface area contributed by atoms with Crippen LogP contribution in [0.15, 0.2) is 35.7 Å². The van der Waals surface area contributed by atoms with Crippen LogP contribution in [0.5, 0.6) is 11.5 Å². The molecule has 1 fully saturated rings. The molecule has 5 nitrogen and oxygen atoms in total. The van der Waals surface area contributed by atoms with E-state index in [0.717, 1.165) is 37.2 Å². The summed E-state index contributed by atoms with van der Waals surface area (Å²) in [6.07, 6.45) is 2.93. The molecule has 24 heavy (non-hydrogen) atoms. The molecular formula is C18H20N2O3S. The molecule has 2 aliphatic heterocycles. The number of benzene rings is 1. The summed E-state index contributed by atoms with van der Waals surface area (Å²) in [6, 6.07) is 9.84. The van der Waals surface area contributed by atoms with E-state index in [-0.39, 0.29) is 12.1 Å². The highest BCUT2D eigenvalue weighted by Crippen LogP contribution is 2.36. The van der Waals surface area contributed by atoms with Gasteiger partial charge in [0.05, 0.1) is 19.3 Å². The van der Waals surface area contributed by atoms with Crippen molar-refractivity contribution < 1.29 is 14.3 Å². The molecule has 0 bridgehead atoms. The van der Waals surface area contributed by atoms with Gasteiger partial charge in [0.1, 0.15) is 0 Å². The molecule has 0 aliphatic carbocycles. The van der Waals surface area contributed by atoms with E-state index < -0.39 is 0 Å². The lowest BCUT2D eigenvalue weighted by Gasteiger charge is -2.24. The van der Waals surface area contributed by atoms with Crippen molar-refractivity contribution in [2.45, 2.75) is 25.3 Å². The predicted octanol–water partition coefficient (Wildman–Crippen LogP) is 4.28. The van der Waals surface area contributed by atoms with Crippen molar-refractivity contribution in [1.29, 1.82) is 0 Å². The first-order chi connectivity index (χ1) is 11.8. The van der Waals surface area contributed by atoms with Crippen LogP contribution in [0.4, 0.5) is 10.5 Å². The number of nitrogens with zero attached hydrogens (tertiary/aromatic N) is 1. The van der Waals surface area contributed by atoms with Crippen LogP contribution in [-0.4, -0.2) is 30.7 Å². The number of rotatable bonds is 2. The van der Waals surface area contributed by atoms with Crippen molar-refractivity contribution in [1.82, 2.24) is 4.90 Å². The molecule has 2 amide bonds. The maximum atomic E-state index is 12.7. The number of hydrogen-bond acceptors (Lipinski definition) is 4. The Morgan fingerprint density at radius 3 is 2.88 bits per heavy atom. The maximum absolute atomic E-state index is 12.7. The molecule has 6 heteroatoms. The Hall–Kier alpha value is -2.21. The van der Waals surface area contributed by atoms with Crippen molar-refractivity contribution in [2.75, 3.05) is 25.1 Å². The van der Waals surface area contributed by atoms with E-state index in [4.69, 9.17) is 9.47 Å². The first kappa shape index (κ1) is 15.3. The number of carbonyl (C=O) groups excluding carboxylic acids is 1. The van der Waals surface area contributed by atoms with Gasteiger partial charge in [0.15, 0.2) is 11.5 Å².